The van der Waals surface area contributed by atoms with E-state index in [1.165, 1.54) is 0 Å². The van der Waals surface area contributed by atoms with Gasteiger partial charge in [0, 0.05) is 9.47 Å². The van der Waals surface area contributed by atoms with Crippen molar-refractivity contribution in [2.45, 2.75) is 32.5 Å². The van der Waals surface area contributed by atoms with Crippen molar-refractivity contribution in [3.63, 3.8) is 0 Å². The van der Waals surface area contributed by atoms with Crippen molar-refractivity contribution in [1.29, 1.82) is 0 Å². The van der Waals surface area contributed by atoms with E-state index in [1.807, 2.05) is 20.8 Å². The minimum Gasteiger partial charge on any atom is -0.362 e. The third kappa shape index (κ3) is 6.31. The Kier molecular flexibility index (Phi) is 4.68. The van der Waals surface area contributed by atoms with Crippen LogP contribution >= 0.6 is 9.47 Å². The van der Waals surface area contributed by atoms with Crippen LogP contribution in [0.15, 0.2) is 0 Å². The number of hydrogen-bond donors (Lipinski definition) is 0. The Morgan fingerprint density at radius 2 is 2.09 bits per heavy atom. The van der Waals surface area contributed by atoms with Gasteiger partial charge in [-0.3, -0.25) is 0 Å². The van der Waals surface area contributed by atoms with E-state index in [-0.39, 0.29) is 11.7 Å². The van der Waals surface area contributed by atoms with E-state index in [2.05, 4.69) is 15.4 Å². The minimum atomic E-state index is -0.257. The first-order valence-corrected chi connectivity index (χ1v) is 3.92. The summed E-state index contributed by atoms with van der Waals surface area (Å²) in [6, 6.07) is 0. The lowest BCUT2D eigenvalue weighted by atomic mass is 10.2. The second kappa shape index (κ2) is 4.72. The van der Waals surface area contributed by atoms with E-state index < -0.39 is 0 Å². The van der Waals surface area contributed by atoms with Crippen molar-refractivity contribution in [2.75, 3.05) is 6.61 Å². The van der Waals surface area contributed by atoms with Crippen molar-refractivity contribution in [1.82, 2.24) is 0 Å². The molecule has 0 rings (SSSR count). The molecule has 0 saturated heterocycles. The molecule has 1 unspecified atom stereocenters. The van der Waals surface area contributed by atoms with Crippen LogP contribution in [0.25, 0.3) is 0 Å². The zero-order valence-electron chi connectivity index (χ0n) is 7.26. The molecule has 0 saturated carbocycles. The highest BCUT2D eigenvalue weighted by Gasteiger charge is 2.16. The monoisotopic (exact) mass is 174 g/mol. The molecule has 0 aliphatic rings. The van der Waals surface area contributed by atoms with Gasteiger partial charge in [-0.1, -0.05) is 5.92 Å². The van der Waals surface area contributed by atoms with Crippen LogP contribution in [0.2, 0.25) is 0 Å². The quantitative estimate of drug-likeness (QED) is 0.478. The molecular weight excluding hydrogens is 159 g/mol. The van der Waals surface area contributed by atoms with Crippen LogP contribution < -0.4 is 0 Å². The van der Waals surface area contributed by atoms with Crippen LogP contribution in [-0.4, -0.2) is 18.3 Å². The average Bonchev–Trinajstić information content (AvgIpc) is 1.84. The summed E-state index contributed by atoms with van der Waals surface area (Å²) in [7, 11) is 2.15. The van der Waals surface area contributed by atoms with Gasteiger partial charge in [0.05, 0.1) is 12.2 Å². The molecular formula is C8H15O2P. The minimum absolute atomic E-state index is 0.208. The van der Waals surface area contributed by atoms with E-state index in [0.29, 0.717) is 6.61 Å². The summed E-state index contributed by atoms with van der Waals surface area (Å²) >= 11 is 0. The topological polar surface area (TPSA) is 18.5 Å². The van der Waals surface area contributed by atoms with Gasteiger partial charge in [-0.05, 0) is 20.8 Å². The van der Waals surface area contributed by atoms with Gasteiger partial charge in [-0.15, -0.1) is 6.42 Å². The summed E-state index contributed by atoms with van der Waals surface area (Å²) in [6.45, 7) is 6.29. The van der Waals surface area contributed by atoms with Crippen LogP contribution in [0.4, 0.5) is 0 Å². The maximum Gasteiger partial charge on any atom is 0.142 e. The summed E-state index contributed by atoms with van der Waals surface area (Å²) in [5.41, 5.74) is -0.208. The fourth-order valence-electron chi connectivity index (χ4n) is 0.630. The molecule has 0 radical (unpaired) electrons. The maximum absolute atomic E-state index is 5.45. The molecule has 2 atom stereocenters. The van der Waals surface area contributed by atoms with Crippen LogP contribution in [0.1, 0.15) is 20.8 Å². The molecule has 0 spiro atoms. The Balaban J connectivity index is 3.81. The third-order valence-electron chi connectivity index (χ3n) is 0.929. The van der Waals surface area contributed by atoms with Gasteiger partial charge in [0.1, 0.15) is 6.10 Å². The zero-order valence-corrected chi connectivity index (χ0v) is 8.41. The molecule has 0 N–H and O–H groups in total. The van der Waals surface area contributed by atoms with E-state index in [0.717, 1.165) is 0 Å². The van der Waals surface area contributed by atoms with E-state index in [1.54, 1.807) is 0 Å². The molecule has 0 heterocycles. The summed E-state index contributed by atoms with van der Waals surface area (Å²) in [5.74, 6) is 2.50. The van der Waals surface area contributed by atoms with Gasteiger partial charge >= 0.3 is 0 Å². The molecule has 0 aliphatic carbocycles. The molecule has 64 valence electrons. The molecule has 2 nitrogen and oxygen atoms in total. The molecule has 0 aromatic carbocycles. The zero-order chi connectivity index (χ0) is 8.91. The Bertz CT molecular complexity index is 143. The van der Waals surface area contributed by atoms with Crippen LogP contribution in [-0.2, 0) is 9.26 Å². The summed E-state index contributed by atoms with van der Waals surface area (Å²) < 4.78 is 10.2. The normalized spacial score (nSPS) is 14.1. The van der Waals surface area contributed by atoms with Gasteiger partial charge in [-0.2, -0.15) is 0 Å². The maximum atomic E-state index is 5.45. The fourth-order valence-corrected chi connectivity index (χ4v) is 0.805. The Labute approximate surface area is 70.9 Å². The van der Waals surface area contributed by atoms with E-state index in [4.69, 9.17) is 15.7 Å². The van der Waals surface area contributed by atoms with Crippen LogP contribution in [0, 0.1) is 12.3 Å². The number of ether oxygens (including phenoxy) is 1. The molecule has 0 aromatic rings. The molecule has 11 heavy (non-hydrogen) atoms. The van der Waals surface area contributed by atoms with Crippen molar-refractivity contribution >= 4 is 9.47 Å². The fraction of sp³-hybridized carbons (Fsp3) is 0.750. The lowest BCUT2D eigenvalue weighted by Gasteiger charge is -2.23. The Morgan fingerprint density at radius 3 is 2.36 bits per heavy atom. The first kappa shape index (κ1) is 10.9. The van der Waals surface area contributed by atoms with Crippen LogP contribution in [0.3, 0.4) is 0 Å². The average molecular weight is 174 g/mol. The van der Waals surface area contributed by atoms with Crippen LogP contribution in [0.5, 0.6) is 0 Å². The van der Waals surface area contributed by atoms with Crippen molar-refractivity contribution in [3.8, 4) is 12.3 Å². The highest BCUT2D eigenvalue weighted by atomic mass is 31.0. The smallest absolute Gasteiger partial charge is 0.142 e. The molecule has 0 bridgehead atoms. The predicted molar refractivity (Wildman–Crippen MR) is 49.1 cm³/mol. The lowest BCUT2D eigenvalue weighted by molar-refractivity contribution is -0.0472. The van der Waals surface area contributed by atoms with Gasteiger partial charge in [0.25, 0.3) is 0 Å². The Hall–Kier alpha value is -0.0900. The van der Waals surface area contributed by atoms with Crippen molar-refractivity contribution in [3.05, 3.63) is 0 Å². The standard InChI is InChI=1S/C8H15O2P/c1-5-7(6-9-11)10-8(2,3)4/h1,7H,6,11H2,2-4H3/t7-/m0/s1. The first-order valence-electron chi connectivity index (χ1n) is 3.45. The van der Waals surface area contributed by atoms with E-state index >= 15 is 0 Å². The second-order valence-corrected chi connectivity index (χ2v) is 3.55. The molecule has 3 heteroatoms. The molecule has 0 fully saturated rings. The summed E-state index contributed by atoms with van der Waals surface area (Å²) in [5, 5.41) is 0. The first-order chi connectivity index (χ1) is 4.99. The lowest BCUT2D eigenvalue weighted by Crippen LogP contribution is -2.28. The SMILES string of the molecule is C#C[C@@H](COP)OC(C)(C)C. The number of terminal acetylenes is 1. The second-order valence-electron chi connectivity index (χ2n) is 3.22. The molecule has 0 aliphatic heterocycles. The van der Waals surface area contributed by atoms with Gasteiger partial charge in [0.15, 0.2) is 0 Å². The van der Waals surface area contributed by atoms with Gasteiger partial charge < -0.3 is 9.26 Å². The third-order valence-corrected chi connectivity index (χ3v) is 1.12. The molecule has 0 aromatic heterocycles. The van der Waals surface area contributed by atoms with Gasteiger partial charge in [0.2, 0.25) is 0 Å². The van der Waals surface area contributed by atoms with Crippen molar-refractivity contribution in [2.24, 2.45) is 0 Å². The largest absolute Gasteiger partial charge is 0.362 e. The molecule has 0 amide bonds. The highest BCUT2D eigenvalue weighted by Crippen LogP contribution is 2.11. The number of hydrogen-bond acceptors (Lipinski definition) is 2. The number of rotatable bonds is 3. The summed E-state index contributed by atoms with van der Waals surface area (Å²) in [4.78, 5) is 0. The van der Waals surface area contributed by atoms with E-state index in [9.17, 15) is 0 Å². The predicted octanol–water partition coefficient (Wildman–Crippen LogP) is 1.61. The highest BCUT2D eigenvalue weighted by molar-refractivity contribution is 7.09. The van der Waals surface area contributed by atoms with Crippen molar-refractivity contribution < 1.29 is 9.26 Å². The Morgan fingerprint density at radius 1 is 1.55 bits per heavy atom. The van der Waals surface area contributed by atoms with Gasteiger partial charge in [-0.25, -0.2) is 0 Å². The summed E-state index contributed by atoms with van der Waals surface area (Å²) in [6.07, 6.45) is 4.94.